The molecule has 1 N–H and O–H groups in total. The molecule has 3 aromatic rings. The van der Waals surface area contributed by atoms with Crippen LogP contribution in [0.15, 0.2) is 66.7 Å². The van der Waals surface area contributed by atoms with Gasteiger partial charge in [-0.05, 0) is 23.3 Å². The third-order valence-corrected chi connectivity index (χ3v) is 4.74. The van der Waals surface area contributed by atoms with Crippen molar-refractivity contribution >= 4 is 23.2 Å². The van der Waals surface area contributed by atoms with E-state index in [1.165, 1.54) is 0 Å². The van der Waals surface area contributed by atoms with Crippen LogP contribution >= 0.6 is 23.2 Å². The number of benzene rings is 3. The SMILES string of the molecule is OC1(c2ccccc2)c2ccccc2-c2c(Cl)cc(Cl)cc21. The quantitative estimate of drug-likeness (QED) is 0.646. The van der Waals surface area contributed by atoms with Crippen molar-refractivity contribution in [2.45, 2.75) is 5.60 Å². The van der Waals surface area contributed by atoms with E-state index in [9.17, 15) is 5.11 Å². The van der Waals surface area contributed by atoms with E-state index in [0.29, 0.717) is 10.0 Å². The average Bonchev–Trinajstić information content (AvgIpc) is 2.79. The Kier molecular flexibility index (Phi) is 3.05. The van der Waals surface area contributed by atoms with Crippen molar-refractivity contribution in [1.29, 1.82) is 0 Å². The molecule has 0 aromatic heterocycles. The lowest BCUT2D eigenvalue weighted by Crippen LogP contribution is -2.26. The first-order chi connectivity index (χ1) is 10.6. The molecule has 0 aliphatic heterocycles. The first kappa shape index (κ1) is 13.8. The second kappa shape index (κ2) is 4.85. The number of halogens is 2. The molecule has 0 amide bonds. The predicted molar refractivity (Wildman–Crippen MR) is 90.4 cm³/mol. The van der Waals surface area contributed by atoms with Gasteiger partial charge in [0.15, 0.2) is 0 Å². The zero-order valence-corrected chi connectivity index (χ0v) is 13.1. The molecule has 1 aliphatic carbocycles. The van der Waals surface area contributed by atoms with E-state index < -0.39 is 5.60 Å². The van der Waals surface area contributed by atoms with E-state index in [2.05, 4.69) is 0 Å². The predicted octanol–water partition coefficient (Wildman–Crippen LogP) is 5.26. The largest absolute Gasteiger partial charge is 0.376 e. The molecule has 0 saturated carbocycles. The number of fused-ring (bicyclic) bond motifs is 3. The Bertz CT molecular complexity index is 874. The molecular formula is C19H12Cl2O. The fourth-order valence-corrected chi connectivity index (χ4v) is 3.88. The zero-order valence-electron chi connectivity index (χ0n) is 11.6. The summed E-state index contributed by atoms with van der Waals surface area (Å²) in [6.45, 7) is 0. The molecule has 0 fully saturated rings. The summed E-state index contributed by atoms with van der Waals surface area (Å²) in [7, 11) is 0. The first-order valence-corrected chi connectivity index (χ1v) is 7.75. The maximum Gasteiger partial charge on any atom is 0.141 e. The minimum atomic E-state index is -1.23. The van der Waals surface area contributed by atoms with Crippen LogP contribution in [0.25, 0.3) is 11.1 Å². The van der Waals surface area contributed by atoms with Gasteiger partial charge in [-0.1, -0.05) is 77.8 Å². The summed E-state index contributed by atoms with van der Waals surface area (Å²) >= 11 is 12.6. The van der Waals surface area contributed by atoms with Gasteiger partial charge in [0.25, 0.3) is 0 Å². The van der Waals surface area contributed by atoms with Crippen LogP contribution in [0.3, 0.4) is 0 Å². The second-order valence-electron chi connectivity index (χ2n) is 5.43. The maximum atomic E-state index is 11.6. The molecule has 108 valence electrons. The van der Waals surface area contributed by atoms with Crippen molar-refractivity contribution in [3.63, 3.8) is 0 Å². The molecule has 3 aromatic carbocycles. The summed E-state index contributed by atoms with van der Waals surface area (Å²) in [4.78, 5) is 0. The number of hydrogen-bond acceptors (Lipinski definition) is 1. The Balaban J connectivity index is 2.14. The molecule has 0 saturated heterocycles. The number of hydrogen-bond donors (Lipinski definition) is 1. The van der Waals surface area contributed by atoms with Crippen LogP contribution in [-0.4, -0.2) is 5.11 Å². The van der Waals surface area contributed by atoms with Crippen molar-refractivity contribution in [2.24, 2.45) is 0 Å². The van der Waals surface area contributed by atoms with Gasteiger partial charge in [0.1, 0.15) is 5.60 Å². The van der Waals surface area contributed by atoms with E-state index in [-0.39, 0.29) is 0 Å². The Labute approximate surface area is 138 Å². The van der Waals surface area contributed by atoms with Crippen LogP contribution in [0.4, 0.5) is 0 Å². The molecule has 0 heterocycles. The van der Waals surface area contributed by atoms with Crippen LogP contribution in [0.2, 0.25) is 10.0 Å². The molecule has 22 heavy (non-hydrogen) atoms. The standard InChI is InChI=1S/C19H12Cl2O/c20-13-10-16-18(17(21)11-13)14-8-4-5-9-15(14)19(16,22)12-6-2-1-3-7-12/h1-11,22H. The molecule has 0 spiro atoms. The number of aliphatic hydroxyl groups is 1. The third-order valence-electron chi connectivity index (χ3n) is 4.22. The number of rotatable bonds is 1. The van der Waals surface area contributed by atoms with Gasteiger partial charge in [-0.15, -0.1) is 0 Å². The van der Waals surface area contributed by atoms with Gasteiger partial charge in [-0.3, -0.25) is 0 Å². The molecule has 3 heteroatoms. The summed E-state index contributed by atoms with van der Waals surface area (Å²) in [5.74, 6) is 0. The molecule has 1 aliphatic rings. The Morgan fingerprint density at radius 3 is 2.23 bits per heavy atom. The summed E-state index contributed by atoms with van der Waals surface area (Å²) in [5, 5.41) is 12.7. The molecule has 4 rings (SSSR count). The average molecular weight is 327 g/mol. The normalized spacial score (nSPS) is 18.9. The minimum Gasteiger partial charge on any atom is -0.376 e. The lowest BCUT2D eigenvalue weighted by Gasteiger charge is -2.26. The summed E-state index contributed by atoms with van der Waals surface area (Å²) in [6.07, 6.45) is 0. The molecule has 0 bridgehead atoms. The van der Waals surface area contributed by atoms with Crippen LogP contribution < -0.4 is 0 Å². The summed E-state index contributed by atoms with van der Waals surface area (Å²) < 4.78 is 0. The van der Waals surface area contributed by atoms with E-state index >= 15 is 0 Å². The monoisotopic (exact) mass is 326 g/mol. The highest BCUT2D eigenvalue weighted by atomic mass is 35.5. The van der Waals surface area contributed by atoms with Crippen molar-refractivity contribution in [1.82, 2.24) is 0 Å². The Morgan fingerprint density at radius 1 is 0.773 bits per heavy atom. The van der Waals surface area contributed by atoms with Gasteiger partial charge in [0, 0.05) is 21.7 Å². The van der Waals surface area contributed by atoms with Gasteiger partial charge in [-0.2, -0.15) is 0 Å². The summed E-state index contributed by atoms with van der Waals surface area (Å²) in [5.41, 5.74) is 2.94. The minimum absolute atomic E-state index is 0.519. The molecule has 1 nitrogen and oxygen atoms in total. The van der Waals surface area contributed by atoms with Gasteiger partial charge >= 0.3 is 0 Å². The van der Waals surface area contributed by atoms with Crippen LogP contribution in [0, 0.1) is 0 Å². The lowest BCUT2D eigenvalue weighted by atomic mass is 9.84. The van der Waals surface area contributed by atoms with Crippen LogP contribution in [0.1, 0.15) is 16.7 Å². The van der Waals surface area contributed by atoms with Crippen molar-refractivity contribution < 1.29 is 5.11 Å². The van der Waals surface area contributed by atoms with Crippen LogP contribution in [-0.2, 0) is 5.60 Å². The second-order valence-corrected chi connectivity index (χ2v) is 6.28. The Hall–Kier alpha value is -1.80. The smallest absolute Gasteiger partial charge is 0.141 e. The van der Waals surface area contributed by atoms with E-state index in [1.807, 2.05) is 54.6 Å². The summed E-state index contributed by atoms with van der Waals surface area (Å²) in [6, 6.07) is 20.9. The van der Waals surface area contributed by atoms with Gasteiger partial charge < -0.3 is 5.11 Å². The van der Waals surface area contributed by atoms with Gasteiger partial charge in [-0.25, -0.2) is 0 Å². The fourth-order valence-electron chi connectivity index (χ4n) is 3.28. The van der Waals surface area contributed by atoms with Gasteiger partial charge in [0.05, 0.1) is 5.02 Å². The highest BCUT2D eigenvalue weighted by Gasteiger charge is 2.44. The van der Waals surface area contributed by atoms with Crippen molar-refractivity contribution in [3.05, 3.63) is 93.5 Å². The molecule has 0 radical (unpaired) electrons. The fraction of sp³-hybridized carbons (Fsp3) is 0.0526. The third kappa shape index (κ3) is 1.77. The molecular weight excluding hydrogens is 315 g/mol. The van der Waals surface area contributed by atoms with E-state index in [1.54, 1.807) is 12.1 Å². The highest BCUT2D eigenvalue weighted by molar-refractivity contribution is 6.37. The first-order valence-electron chi connectivity index (χ1n) is 6.99. The van der Waals surface area contributed by atoms with E-state index in [0.717, 1.165) is 27.8 Å². The van der Waals surface area contributed by atoms with Crippen molar-refractivity contribution in [2.75, 3.05) is 0 Å². The highest BCUT2D eigenvalue weighted by Crippen LogP contribution is 2.53. The molecule has 1 atom stereocenters. The zero-order chi connectivity index (χ0) is 15.3. The maximum absolute atomic E-state index is 11.6. The van der Waals surface area contributed by atoms with Gasteiger partial charge in [0.2, 0.25) is 0 Å². The lowest BCUT2D eigenvalue weighted by molar-refractivity contribution is 0.131. The van der Waals surface area contributed by atoms with Crippen molar-refractivity contribution in [3.8, 4) is 11.1 Å². The topological polar surface area (TPSA) is 20.2 Å². The van der Waals surface area contributed by atoms with E-state index in [4.69, 9.17) is 23.2 Å². The Morgan fingerprint density at radius 2 is 1.45 bits per heavy atom. The van der Waals surface area contributed by atoms with Crippen LogP contribution in [0.5, 0.6) is 0 Å². The molecule has 1 unspecified atom stereocenters.